The summed E-state index contributed by atoms with van der Waals surface area (Å²) in [4.78, 5) is 24.0. The molecule has 186 valence electrons. The van der Waals surface area contributed by atoms with E-state index in [1.165, 1.54) is 6.21 Å². The fourth-order valence-corrected chi connectivity index (χ4v) is 5.13. The van der Waals surface area contributed by atoms with Gasteiger partial charge in [-0.25, -0.2) is 9.79 Å². The second-order valence-electron chi connectivity index (χ2n) is 9.53. The van der Waals surface area contributed by atoms with Crippen LogP contribution in [0.5, 0.6) is 0 Å². The molecule has 1 unspecified atom stereocenters. The number of β-amino-alcohol motifs (C(OH)–C–C–N with tert-alkyl or cyclic N) is 1. The summed E-state index contributed by atoms with van der Waals surface area (Å²) in [5.41, 5.74) is -0.146. The number of carbonyl (C=O) groups is 1. The Kier molecular flexibility index (Phi) is 7.00. The Morgan fingerprint density at radius 2 is 1.85 bits per heavy atom. The first-order chi connectivity index (χ1) is 16.2. The third kappa shape index (κ3) is 5.12. The zero-order valence-electron chi connectivity index (χ0n) is 19.4. The summed E-state index contributed by atoms with van der Waals surface area (Å²) in [5, 5.41) is 14.3. The van der Waals surface area contributed by atoms with Crippen LogP contribution in [0.25, 0.3) is 0 Å². The van der Waals surface area contributed by atoms with Crippen molar-refractivity contribution in [2.24, 2.45) is 9.98 Å². The highest BCUT2D eigenvalue weighted by atomic mass is 19.4. The van der Waals surface area contributed by atoms with Gasteiger partial charge in [0, 0.05) is 24.8 Å². The van der Waals surface area contributed by atoms with Gasteiger partial charge in [-0.15, -0.1) is 0 Å². The zero-order valence-corrected chi connectivity index (χ0v) is 19.4. The Bertz CT molecular complexity index is 932. The van der Waals surface area contributed by atoms with E-state index in [0.29, 0.717) is 38.8 Å². The molecular weight excluding hydrogens is 447 g/mol. The number of rotatable bonds is 5. The monoisotopic (exact) mass is 479 g/mol. The van der Waals surface area contributed by atoms with Gasteiger partial charge in [0.05, 0.1) is 24.7 Å². The molecule has 2 aliphatic heterocycles. The minimum atomic E-state index is -4.61. The lowest BCUT2D eigenvalue weighted by Gasteiger charge is -2.43. The molecular formula is C24H32F3N5O2. The number of nitrogens with one attached hydrogen (secondary N) is 1. The second kappa shape index (κ2) is 9.65. The van der Waals surface area contributed by atoms with E-state index in [2.05, 4.69) is 27.4 Å². The Labute approximate surface area is 197 Å². The van der Waals surface area contributed by atoms with E-state index in [1.54, 1.807) is 9.80 Å². The molecule has 1 aliphatic carbocycles. The standard InChI is InChI=1S/C24H32F3N5O2/c1-28-23(18-7-3-2-4-8-18)11-6-13-32(19-15-29-20(30-16-19)24(25,26)27)21(33)31(14-12-23)17-22(34)9-5-10-22/h2-4,7-8,15,19,28,34H,5-6,9-14,16-17H2,1H3/t19?,23-/m0/s1. The van der Waals surface area contributed by atoms with Crippen molar-refractivity contribution >= 4 is 18.1 Å². The molecule has 2 amide bonds. The fourth-order valence-electron chi connectivity index (χ4n) is 5.13. The van der Waals surface area contributed by atoms with Crippen LogP contribution in [0.15, 0.2) is 40.3 Å². The summed E-state index contributed by atoms with van der Waals surface area (Å²) >= 11 is 0. The first kappa shape index (κ1) is 24.7. The first-order valence-electron chi connectivity index (χ1n) is 11.8. The highest BCUT2D eigenvalue weighted by molar-refractivity contribution is 5.97. The predicted octanol–water partition coefficient (Wildman–Crippen LogP) is 3.34. The van der Waals surface area contributed by atoms with Crippen LogP contribution in [-0.2, 0) is 5.54 Å². The van der Waals surface area contributed by atoms with Crippen molar-refractivity contribution in [3.8, 4) is 0 Å². The maximum atomic E-state index is 13.7. The van der Waals surface area contributed by atoms with Crippen LogP contribution in [0.3, 0.4) is 0 Å². The maximum absolute atomic E-state index is 13.7. The van der Waals surface area contributed by atoms with E-state index in [0.717, 1.165) is 18.4 Å². The van der Waals surface area contributed by atoms with Crippen molar-refractivity contribution in [2.75, 3.05) is 33.2 Å². The topological polar surface area (TPSA) is 80.5 Å². The molecule has 1 saturated heterocycles. The number of urea groups is 1. The molecule has 3 aliphatic rings. The maximum Gasteiger partial charge on any atom is 0.451 e. The number of aliphatic hydroxyl groups is 1. The summed E-state index contributed by atoms with van der Waals surface area (Å²) in [6.07, 6.45) is 0.810. The minimum absolute atomic E-state index is 0.182. The Balaban J connectivity index is 1.60. The van der Waals surface area contributed by atoms with Crippen LogP contribution < -0.4 is 5.32 Å². The lowest BCUT2D eigenvalue weighted by Crippen LogP contribution is -2.56. The predicted molar refractivity (Wildman–Crippen MR) is 124 cm³/mol. The minimum Gasteiger partial charge on any atom is -0.388 e. The van der Waals surface area contributed by atoms with Crippen molar-refractivity contribution in [3.05, 3.63) is 35.9 Å². The Morgan fingerprint density at radius 3 is 2.41 bits per heavy atom. The van der Waals surface area contributed by atoms with Crippen LogP contribution in [0.2, 0.25) is 0 Å². The third-order valence-electron chi connectivity index (χ3n) is 7.35. The highest BCUT2D eigenvalue weighted by Crippen LogP contribution is 2.35. The molecule has 0 radical (unpaired) electrons. The largest absolute Gasteiger partial charge is 0.451 e. The van der Waals surface area contributed by atoms with Gasteiger partial charge in [0.15, 0.2) is 0 Å². The molecule has 34 heavy (non-hydrogen) atoms. The summed E-state index contributed by atoms with van der Waals surface area (Å²) < 4.78 is 38.9. The second-order valence-corrected chi connectivity index (χ2v) is 9.53. The zero-order chi connectivity index (χ0) is 24.4. The molecule has 7 nitrogen and oxygen atoms in total. The molecule has 1 saturated carbocycles. The van der Waals surface area contributed by atoms with Crippen molar-refractivity contribution in [1.82, 2.24) is 15.1 Å². The fraction of sp³-hybridized carbons (Fsp3) is 0.625. The van der Waals surface area contributed by atoms with E-state index < -0.39 is 23.7 Å². The number of halogens is 3. The SMILES string of the molecule is CN[C@@]1(c2ccccc2)CCCN(C2C=NC(C(F)(F)F)=NC2)C(=O)N(CC2(O)CCC2)CC1. The Hall–Kier alpha value is -2.46. The summed E-state index contributed by atoms with van der Waals surface area (Å²) in [5.74, 6) is -1.17. The Morgan fingerprint density at radius 1 is 1.12 bits per heavy atom. The number of hydrogen-bond donors (Lipinski definition) is 2. The summed E-state index contributed by atoms with van der Waals surface area (Å²) in [6, 6.07) is 9.13. The molecule has 4 rings (SSSR count). The van der Waals surface area contributed by atoms with E-state index in [-0.39, 0.29) is 24.7 Å². The number of carbonyl (C=O) groups excluding carboxylic acids is 1. The number of alkyl halides is 3. The molecule has 1 aromatic carbocycles. The third-order valence-corrected chi connectivity index (χ3v) is 7.35. The van der Waals surface area contributed by atoms with Gasteiger partial charge in [0.25, 0.3) is 0 Å². The lowest BCUT2D eigenvalue weighted by atomic mass is 9.79. The number of hydrogen-bond acceptors (Lipinski definition) is 5. The van der Waals surface area contributed by atoms with Crippen molar-refractivity contribution in [1.29, 1.82) is 0 Å². The number of amides is 2. The molecule has 1 aromatic rings. The quantitative estimate of drug-likeness (QED) is 0.680. The van der Waals surface area contributed by atoms with Crippen molar-refractivity contribution < 1.29 is 23.1 Å². The van der Waals surface area contributed by atoms with Crippen LogP contribution in [0.1, 0.15) is 44.1 Å². The molecule has 10 heteroatoms. The molecule has 0 bridgehead atoms. The van der Waals surface area contributed by atoms with Gasteiger partial charge < -0.3 is 20.2 Å². The molecule has 0 aromatic heterocycles. The van der Waals surface area contributed by atoms with Crippen LogP contribution in [0.4, 0.5) is 18.0 Å². The molecule has 2 N–H and O–H groups in total. The van der Waals surface area contributed by atoms with E-state index in [1.807, 2.05) is 25.2 Å². The van der Waals surface area contributed by atoms with Gasteiger partial charge in [-0.2, -0.15) is 13.2 Å². The van der Waals surface area contributed by atoms with Gasteiger partial charge in [-0.1, -0.05) is 30.3 Å². The number of aliphatic imine (C=N–C) groups is 2. The van der Waals surface area contributed by atoms with Gasteiger partial charge in [0.1, 0.15) is 0 Å². The molecule has 2 atom stereocenters. The van der Waals surface area contributed by atoms with E-state index in [4.69, 9.17) is 0 Å². The number of benzene rings is 1. The molecule has 2 fully saturated rings. The lowest BCUT2D eigenvalue weighted by molar-refractivity contribution is -0.0602. The van der Waals surface area contributed by atoms with E-state index in [9.17, 15) is 23.1 Å². The average Bonchev–Trinajstić information content (AvgIpc) is 2.87. The number of amidine groups is 1. The van der Waals surface area contributed by atoms with Crippen LogP contribution in [0, 0.1) is 0 Å². The van der Waals surface area contributed by atoms with Crippen molar-refractivity contribution in [3.63, 3.8) is 0 Å². The van der Waals surface area contributed by atoms with Gasteiger partial charge in [0.2, 0.25) is 5.84 Å². The summed E-state index contributed by atoms with van der Waals surface area (Å²) in [6.45, 7) is 0.793. The van der Waals surface area contributed by atoms with Crippen LogP contribution >= 0.6 is 0 Å². The number of nitrogens with zero attached hydrogens (tertiary/aromatic N) is 4. The smallest absolute Gasteiger partial charge is 0.388 e. The summed E-state index contributed by atoms with van der Waals surface area (Å²) in [7, 11) is 1.91. The van der Waals surface area contributed by atoms with Crippen LogP contribution in [-0.4, -0.2) is 84.0 Å². The van der Waals surface area contributed by atoms with Gasteiger partial charge >= 0.3 is 12.2 Å². The first-order valence-corrected chi connectivity index (χ1v) is 11.8. The van der Waals surface area contributed by atoms with Gasteiger partial charge in [-0.3, -0.25) is 4.99 Å². The molecule has 0 spiro atoms. The molecule has 2 heterocycles. The normalized spacial score (nSPS) is 28.0. The van der Waals surface area contributed by atoms with Gasteiger partial charge in [-0.05, 0) is 51.1 Å². The average molecular weight is 480 g/mol. The van der Waals surface area contributed by atoms with Crippen molar-refractivity contribution in [2.45, 2.75) is 61.9 Å². The van der Waals surface area contributed by atoms with E-state index >= 15 is 0 Å². The highest BCUT2D eigenvalue weighted by Gasteiger charge is 2.42.